The van der Waals surface area contributed by atoms with E-state index in [-0.39, 0.29) is 0 Å². The van der Waals surface area contributed by atoms with Gasteiger partial charge in [-0.25, -0.2) is 0 Å². The molecule has 0 saturated carbocycles. The van der Waals surface area contributed by atoms with Gasteiger partial charge in [0.25, 0.3) is 0 Å². The molecule has 0 bridgehead atoms. The van der Waals surface area contributed by atoms with Gasteiger partial charge in [-0.1, -0.05) is 273 Å². The lowest BCUT2D eigenvalue weighted by Crippen LogP contribution is -2.28. The Morgan fingerprint density at radius 2 is 0.456 bits per heavy atom. The smallest absolute Gasteiger partial charge is 0.0622 e. The van der Waals surface area contributed by atoms with Crippen LogP contribution in [0.15, 0.2) is 279 Å². The zero-order valence-electron chi connectivity index (χ0n) is 37.6. The topological polar surface area (TPSA) is 0 Å². The summed E-state index contributed by atoms with van der Waals surface area (Å²) >= 11 is 0. The van der Waals surface area contributed by atoms with Crippen molar-refractivity contribution in [3.05, 3.63) is 324 Å². The molecule has 0 heteroatoms. The molecule has 0 aromatic heterocycles. The molecule has 2 aliphatic rings. The lowest BCUT2D eigenvalue weighted by atomic mass is 9.67. The quantitative estimate of drug-likeness (QED) is 0.143. The predicted molar refractivity (Wildman–Crippen MR) is 283 cm³/mol. The van der Waals surface area contributed by atoms with Crippen molar-refractivity contribution in [1.29, 1.82) is 0 Å². The number of hydrogen-bond donors (Lipinski definition) is 0. The fraction of sp³-hybridized carbons (Fsp3) is 0.0294. The van der Waals surface area contributed by atoms with Crippen LogP contribution in [0, 0.1) is 0 Å². The number of fused-ring (bicyclic) bond motifs is 6. The summed E-state index contributed by atoms with van der Waals surface area (Å²) in [6, 6.07) is 103. The molecular formula is C68H46. The Hall–Kier alpha value is -8.58. The molecule has 0 N–H and O–H groups in total. The molecule has 68 heavy (non-hydrogen) atoms. The third-order valence-electron chi connectivity index (χ3n) is 14.9. The average Bonchev–Trinajstić information content (AvgIpc) is 3.91. The fourth-order valence-electron chi connectivity index (χ4n) is 12.1. The van der Waals surface area contributed by atoms with E-state index < -0.39 is 10.8 Å². The van der Waals surface area contributed by atoms with E-state index in [2.05, 4.69) is 279 Å². The van der Waals surface area contributed by atoms with Crippen molar-refractivity contribution in [3.63, 3.8) is 0 Å². The second kappa shape index (κ2) is 16.1. The molecule has 11 aromatic carbocycles. The predicted octanol–water partition coefficient (Wildman–Crippen LogP) is 17.1. The first-order chi connectivity index (χ1) is 33.8. The maximum absolute atomic E-state index is 2.40. The molecule has 318 valence electrons. The van der Waals surface area contributed by atoms with Crippen molar-refractivity contribution in [2.75, 3.05) is 0 Å². The minimum atomic E-state index is -0.447. The van der Waals surface area contributed by atoms with Crippen LogP contribution in [0.5, 0.6) is 0 Å². The molecule has 0 heterocycles. The number of benzene rings is 11. The van der Waals surface area contributed by atoms with E-state index in [1.165, 1.54) is 111 Å². The van der Waals surface area contributed by atoms with Gasteiger partial charge in [-0.2, -0.15) is 0 Å². The first-order valence-electron chi connectivity index (χ1n) is 23.8. The molecule has 0 nitrogen and oxygen atoms in total. The first kappa shape index (κ1) is 39.8. The van der Waals surface area contributed by atoms with Crippen molar-refractivity contribution < 1.29 is 0 Å². The lowest BCUT2D eigenvalue weighted by Gasteiger charge is -2.34. The monoisotopic (exact) mass is 862 g/mol. The van der Waals surface area contributed by atoms with Crippen molar-refractivity contribution in [3.8, 4) is 66.8 Å². The molecule has 0 amide bonds. The van der Waals surface area contributed by atoms with Gasteiger partial charge in [0, 0.05) is 0 Å². The van der Waals surface area contributed by atoms with Gasteiger partial charge in [-0.3, -0.25) is 0 Å². The SMILES string of the molecule is c1ccc(C2(c3ccccc3)c3ccccc3-c3c(-c4ccc(-c5ccccc5-c5cccc(-c6cccc7c6-c6ccccc6C7(c6ccccc6)c6ccccc6)c5)cc4)cccc32)cc1. The normalized spacial score (nSPS) is 13.5. The van der Waals surface area contributed by atoms with Crippen molar-refractivity contribution in [2.24, 2.45) is 0 Å². The van der Waals surface area contributed by atoms with Gasteiger partial charge in [0.05, 0.1) is 10.8 Å². The van der Waals surface area contributed by atoms with Crippen LogP contribution < -0.4 is 0 Å². The molecule has 2 aliphatic carbocycles. The maximum atomic E-state index is 2.40. The molecule has 0 aliphatic heterocycles. The minimum Gasteiger partial charge on any atom is -0.0622 e. The Kier molecular flexibility index (Phi) is 9.41. The molecular weight excluding hydrogens is 817 g/mol. The number of rotatable bonds is 8. The molecule has 0 atom stereocenters. The van der Waals surface area contributed by atoms with Crippen LogP contribution in [0.25, 0.3) is 66.8 Å². The first-order valence-corrected chi connectivity index (χ1v) is 23.8. The lowest BCUT2D eigenvalue weighted by molar-refractivity contribution is 0.768. The molecule has 0 saturated heterocycles. The second-order valence-corrected chi connectivity index (χ2v) is 18.2. The van der Waals surface area contributed by atoms with E-state index in [1.54, 1.807) is 0 Å². The van der Waals surface area contributed by atoms with E-state index in [9.17, 15) is 0 Å². The van der Waals surface area contributed by atoms with E-state index in [1.807, 2.05) is 0 Å². The van der Waals surface area contributed by atoms with E-state index in [0.29, 0.717) is 0 Å². The third kappa shape index (κ3) is 5.87. The highest BCUT2D eigenvalue weighted by Crippen LogP contribution is 2.60. The Bertz CT molecular complexity index is 3560. The zero-order chi connectivity index (χ0) is 45.1. The Morgan fingerprint density at radius 3 is 0.882 bits per heavy atom. The van der Waals surface area contributed by atoms with E-state index in [4.69, 9.17) is 0 Å². The second-order valence-electron chi connectivity index (χ2n) is 18.2. The summed E-state index contributed by atoms with van der Waals surface area (Å²) in [5.41, 5.74) is 24.4. The molecule has 0 fully saturated rings. The van der Waals surface area contributed by atoms with Crippen LogP contribution in [-0.4, -0.2) is 0 Å². The summed E-state index contributed by atoms with van der Waals surface area (Å²) in [7, 11) is 0. The summed E-state index contributed by atoms with van der Waals surface area (Å²) in [5.74, 6) is 0. The van der Waals surface area contributed by atoms with Crippen molar-refractivity contribution in [1.82, 2.24) is 0 Å². The third-order valence-corrected chi connectivity index (χ3v) is 14.9. The summed E-state index contributed by atoms with van der Waals surface area (Å²) in [6.07, 6.45) is 0. The van der Waals surface area contributed by atoms with Gasteiger partial charge in [0.1, 0.15) is 0 Å². The van der Waals surface area contributed by atoms with Crippen molar-refractivity contribution >= 4 is 0 Å². The molecule has 0 radical (unpaired) electrons. The number of hydrogen-bond acceptors (Lipinski definition) is 0. The fourth-order valence-corrected chi connectivity index (χ4v) is 12.1. The van der Waals surface area contributed by atoms with Gasteiger partial charge in [-0.15, -0.1) is 0 Å². The Morgan fingerprint density at radius 1 is 0.176 bits per heavy atom. The summed E-state index contributed by atoms with van der Waals surface area (Å²) in [5, 5.41) is 0. The largest absolute Gasteiger partial charge is 0.0713 e. The van der Waals surface area contributed by atoms with Gasteiger partial charge >= 0.3 is 0 Å². The van der Waals surface area contributed by atoms with Crippen LogP contribution in [0.1, 0.15) is 44.5 Å². The highest BCUT2D eigenvalue weighted by Gasteiger charge is 2.48. The van der Waals surface area contributed by atoms with Gasteiger partial charge in [-0.05, 0) is 117 Å². The van der Waals surface area contributed by atoms with Gasteiger partial charge in [0.15, 0.2) is 0 Å². The van der Waals surface area contributed by atoms with E-state index >= 15 is 0 Å². The van der Waals surface area contributed by atoms with Gasteiger partial charge < -0.3 is 0 Å². The van der Waals surface area contributed by atoms with Crippen LogP contribution in [0.4, 0.5) is 0 Å². The maximum Gasteiger partial charge on any atom is 0.0713 e. The standard InChI is InChI=1S/C68H46/c1-5-24-51(25-6-1)67(52-26-7-2-8-27-52)61-38-17-15-34-59(61)65-57(36-20-40-63(65)67)48-44-42-47(43-45-48)55-32-13-14-33-56(55)49-22-19-23-50(46-49)58-37-21-41-64-66(58)60-35-16-18-39-62(60)68(64,53-28-9-3-10-29-53)54-30-11-4-12-31-54/h1-46H. The van der Waals surface area contributed by atoms with E-state index in [0.717, 1.165) is 0 Å². The van der Waals surface area contributed by atoms with Crippen LogP contribution in [-0.2, 0) is 10.8 Å². The molecule has 11 aromatic rings. The zero-order valence-corrected chi connectivity index (χ0v) is 37.6. The molecule has 13 rings (SSSR count). The van der Waals surface area contributed by atoms with Crippen LogP contribution in [0.3, 0.4) is 0 Å². The Labute approximate surface area is 399 Å². The summed E-state index contributed by atoms with van der Waals surface area (Å²) < 4.78 is 0. The van der Waals surface area contributed by atoms with Crippen LogP contribution in [0.2, 0.25) is 0 Å². The van der Waals surface area contributed by atoms with Crippen molar-refractivity contribution in [2.45, 2.75) is 10.8 Å². The highest BCUT2D eigenvalue weighted by molar-refractivity contribution is 5.98. The van der Waals surface area contributed by atoms with Gasteiger partial charge in [0.2, 0.25) is 0 Å². The minimum absolute atomic E-state index is 0.437. The molecule has 0 unspecified atom stereocenters. The van der Waals surface area contributed by atoms with Crippen LogP contribution >= 0.6 is 0 Å². The summed E-state index contributed by atoms with van der Waals surface area (Å²) in [4.78, 5) is 0. The average molecular weight is 863 g/mol. The summed E-state index contributed by atoms with van der Waals surface area (Å²) in [6.45, 7) is 0. The molecule has 0 spiro atoms. The Balaban J connectivity index is 0.912. The highest BCUT2D eigenvalue weighted by atomic mass is 14.5.